The predicted octanol–water partition coefficient (Wildman–Crippen LogP) is 8.49. The third-order valence-electron chi connectivity index (χ3n) is 8.76. The molecule has 0 aliphatic heterocycles. The minimum absolute atomic E-state index is 0.0927. The van der Waals surface area contributed by atoms with E-state index in [-0.39, 0.29) is 10.7 Å². The maximum atomic E-state index is 11.2. The highest BCUT2D eigenvalue weighted by atomic mass is 35.5. The molecule has 1 fully saturated rings. The van der Waals surface area contributed by atoms with E-state index in [0.717, 1.165) is 66.1 Å². The largest absolute Gasteiger partial charge is 0.388 e. The van der Waals surface area contributed by atoms with Gasteiger partial charge in [-0.3, -0.25) is 0 Å². The number of aromatic nitrogens is 2. The van der Waals surface area contributed by atoms with Gasteiger partial charge in [-0.15, -0.1) is 11.8 Å². The molecule has 45 heavy (non-hydrogen) atoms. The van der Waals surface area contributed by atoms with Crippen molar-refractivity contribution in [2.24, 2.45) is 5.92 Å². The van der Waals surface area contributed by atoms with Crippen LogP contribution in [0.3, 0.4) is 0 Å². The topological polar surface area (TPSA) is 73.3 Å². The second kappa shape index (κ2) is 15.2. The van der Waals surface area contributed by atoms with Gasteiger partial charge in [0.25, 0.3) is 0 Å². The quantitative estimate of drug-likeness (QED) is 0.133. The Balaban J connectivity index is 1.14. The van der Waals surface area contributed by atoms with Crippen LogP contribution in [0.4, 0.5) is 11.8 Å². The lowest BCUT2D eigenvalue weighted by Gasteiger charge is -2.30. The Bertz CT molecular complexity index is 1520. The van der Waals surface area contributed by atoms with Crippen molar-refractivity contribution >= 4 is 46.0 Å². The van der Waals surface area contributed by atoms with E-state index in [9.17, 15) is 5.11 Å². The molecule has 1 aliphatic rings. The summed E-state index contributed by atoms with van der Waals surface area (Å²) in [5, 5.41) is 20.7. The summed E-state index contributed by atoms with van der Waals surface area (Å²) >= 11 is 7.96. The number of benzene rings is 3. The highest BCUT2D eigenvalue weighted by Crippen LogP contribution is 2.33. The monoisotopic (exact) mass is 645 g/mol. The molecule has 1 aliphatic carbocycles. The maximum Gasteiger partial charge on any atom is 0.225 e. The standard InChI is InChI=1S/C37H48ClN5OS/c1-37(2,3)27-14-12-26(13-15-27)34(44)22-31(45-30-20-16-28(38)17-21-30)24-39-23-25-10-18-29(19-11-25)40-36-41-33-9-7-6-8-32(33)35(42-36)43(4)5/h6-9,12-17,20-21,25,29,31,34,39,44H,10-11,18-19,22-24H2,1-5H3,(H,40,41,42)/t25-,29+,31?,34?. The van der Waals surface area contributed by atoms with Crippen LogP contribution in [0, 0.1) is 5.92 Å². The van der Waals surface area contributed by atoms with Crippen molar-refractivity contribution in [2.75, 3.05) is 37.4 Å². The first-order valence-electron chi connectivity index (χ1n) is 16.2. The summed E-state index contributed by atoms with van der Waals surface area (Å²) in [4.78, 5) is 12.9. The molecule has 2 atom stereocenters. The average Bonchev–Trinajstić information content (AvgIpc) is 3.02. The molecule has 240 valence electrons. The maximum absolute atomic E-state index is 11.2. The highest BCUT2D eigenvalue weighted by Gasteiger charge is 2.24. The van der Waals surface area contributed by atoms with E-state index in [0.29, 0.717) is 24.3 Å². The van der Waals surface area contributed by atoms with Crippen molar-refractivity contribution < 1.29 is 5.11 Å². The van der Waals surface area contributed by atoms with Gasteiger partial charge in [-0.25, -0.2) is 4.98 Å². The lowest BCUT2D eigenvalue weighted by atomic mass is 9.86. The van der Waals surface area contributed by atoms with Gasteiger partial charge in [0.2, 0.25) is 5.95 Å². The van der Waals surface area contributed by atoms with Crippen LogP contribution in [0.25, 0.3) is 10.9 Å². The number of hydrogen-bond acceptors (Lipinski definition) is 7. The van der Waals surface area contributed by atoms with Gasteiger partial charge in [-0.05, 0) is 97.5 Å². The number of nitrogens with one attached hydrogen (secondary N) is 2. The van der Waals surface area contributed by atoms with Crippen LogP contribution in [-0.4, -0.2) is 53.6 Å². The molecule has 0 amide bonds. The Morgan fingerprint density at radius 3 is 2.29 bits per heavy atom. The predicted molar refractivity (Wildman–Crippen MR) is 192 cm³/mol. The number of rotatable bonds is 12. The van der Waals surface area contributed by atoms with Gasteiger partial charge >= 0.3 is 0 Å². The molecular weight excluding hydrogens is 598 g/mol. The minimum atomic E-state index is -0.516. The summed E-state index contributed by atoms with van der Waals surface area (Å²) < 4.78 is 0. The first kappa shape index (κ1) is 33.5. The third kappa shape index (κ3) is 9.35. The zero-order chi connectivity index (χ0) is 32.0. The van der Waals surface area contributed by atoms with Crippen molar-refractivity contribution in [1.29, 1.82) is 0 Å². The van der Waals surface area contributed by atoms with E-state index in [2.05, 4.69) is 84.8 Å². The van der Waals surface area contributed by atoms with Gasteiger partial charge in [-0.1, -0.05) is 68.8 Å². The molecule has 1 aromatic heterocycles. The van der Waals surface area contributed by atoms with E-state index < -0.39 is 6.10 Å². The van der Waals surface area contributed by atoms with E-state index in [1.807, 2.05) is 50.1 Å². The summed E-state index contributed by atoms with van der Waals surface area (Å²) in [5.74, 6) is 2.29. The Morgan fingerprint density at radius 1 is 0.933 bits per heavy atom. The molecule has 1 heterocycles. The van der Waals surface area contributed by atoms with E-state index >= 15 is 0 Å². The fraction of sp³-hybridized carbons (Fsp3) is 0.459. The summed E-state index contributed by atoms with van der Waals surface area (Å²) in [6.45, 7) is 8.46. The van der Waals surface area contributed by atoms with E-state index in [4.69, 9.17) is 21.6 Å². The summed E-state index contributed by atoms with van der Waals surface area (Å²) in [6, 6.07) is 25.1. The smallest absolute Gasteiger partial charge is 0.225 e. The van der Waals surface area contributed by atoms with Crippen LogP contribution in [0.15, 0.2) is 77.7 Å². The fourth-order valence-corrected chi connectivity index (χ4v) is 7.36. The number of anilines is 2. The van der Waals surface area contributed by atoms with E-state index in [1.54, 1.807) is 0 Å². The number of aliphatic hydroxyl groups excluding tert-OH is 1. The van der Waals surface area contributed by atoms with Gasteiger partial charge in [0.05, 0.1) is 11.6 Å². The molecule has 0 saturated heterocycles. The van der Waals surface area contributed by atoms with Crippen LogP contribution >= 0.6 is 23.4 Å². The molecule has 3 aromatic carbocycles. The van der Waals surface area contributed by atoms with Gasteiger partial charge in [0, 0.05) is 47.2 Å². The minimum Gasteiger partial charge on any atom is -0.388 e. The number of thioether (sulfide) groups is 1. The lowest BCUT2D eigenvalue weighted by Crippen LogP contribution is -2.34. The zero-order valence-corrected chi connectivity index (χ0v) is 28.8. The van der Waals surface area contributed by atoms with Crippen molar-refractivity contribution in [2.45, 2.75) is 80.6 Å². The molecular formula is C37H48ClN5OS. The SMILES string of the molecule is CN(C)c1nc(N[C@H]2CC[C@@H](CNCC(CC(O)c3ccc(C(C)(C)C)cc3)Sc3ccc(Cl)cc3)CC2)nc2ccccc12. The molecule has 6 nitrogen and oxygen atoms in total. The molecule has 2 unspecified atom stereocenters. The summed E-state index contributed by atoms with van der Waals surface area (Å²) in [7, 11) is 4.06. The fourth-order valence-electron chi connectivity index (χ4n) is 6.08. The number of nitrogens with zero attached hydrogens (tertiary/aromatic N) is 3. The Hall–Kier alpha value is -2.84. The number of aliphatic hydroxyl groups is 1. The summed E-state index contributed by atoms with van der Waals surface area (Å²) in [5.41, 5.74) is 3.31. The molecule has 3 N–H and O–H groups in total. The Kier molecular flexibility index (Phi) is 11.3. The van der Waals surface area contributed by atoms with Crippen molar-refractivity contribution in [3.05, 3.63) is 88.9 Å². The normalized spacial score (nSPS) is 18.5. The second-order valence-electron chi connectivity index (χ2n) is 13.6. The van der Waals surface area contributed by atoms with Crippen molar-refractivity contribution in [3.63, 3.8) is 0 Å². The summed E-state index contributed by atoms with van der Waals surface area (Å²) in [6.07, 6.45) is 4.69. The number of fused-ring (bicyclic) bond motifs is 1. The molecule has 1 saturated carbocycles. The number of para-hydroxylation sites is 1. The average molecular weight is 646 g/mol. The van der Waals surface area contributed by atoms with Crippen LogP contribution in [0.2, 0.25) is 5.02 Å². The van der Waals surface area contributed by atoms with Gasteiger partial charge < -0.3 is 20.6 Å². The molecule has 0 radical (unpaired) electrons. The van der Waals surface area contributed by atoms with Crippen LogP contribution in [-0.2, 0) is 5.41 Å². The van der Waals surface area contributed by atoms with Gasteiger partial charge in [0.15, 0.2) is 0 Å². The van der Waals surface area contributed by atoms with E-state index in [1.165, 1.54) is 10.5 Å². The molecule has 5 rings (SSSR count). The number of halogens is 1. The Labute approximate surface area is 278 Å². The first-order chi connectivity index (χ1) is 21.5. The molecule has 8 heteroatoms. The van der Waals surface area contributed by atoms with Crippen molar-refractivity contribution in [3.8, 4) is 0 Å². The Morgan fingerprint density at radius 2 is 1.62 bits per heavy atom. The molecule has 0 spiro atoms. The number of hydrogen-bond donors (Lipinski definition) is 3. The van der Waals surface area contributed by atoms with Crippen molar-refractivity contribution in [1.82, 2.24) is 15.3 Å². The van der Waals surface area contributed by atoms with Crippen LogP contribution in [0.1, 0.15) is 70.1 Å². The second-order valence-corrected chi connectivity index (χ2v) is 15.4. The van der Waals surface area contributed by atoms with Crippen LogP contribution < -0.4 is 15.5 Å². The molecule has 0 bridgehead atoms. The highest BCUT2D eigenvalue weighted by molar-refractivity contribution is 8.00. The third-order valence-corrected chi connectivity index (χ3v) is 10.2. The lowest BCUT2D eigenvalue weighted by molar-refractivity contribution is 0.166. The van der Waals surface area contributed by atoms with Gasteiger partial charge in [-0.2, -0.15) is 4.98 Å². The molecule has 4 aromatic rings. The first-order valence-corrected chi connectivity index (χ1v) is 17.4. The van der Waals surface area contributed by atoms with Gasteiger partial charge in [0.1, 0.15) is 5.82 Å². The zero-order valence-electron chi connectivity index (χ0n) is 27.3. The van der Waals surface area contributed by atoms with Crippen LogP contribution in [0.5, 0.6) is 0 Å².